The molecule has 1 aliphatic heterocycles. The van der Waals surface area contributed by atoms with Crippen LogP contribution in [0.25, 0.3) is 11.3 Å². The largest absolute Gasteiger partial charge is 0.482 e. The molecule has 0 saturated heterocycles. The second-order valence-electron chi connectivity index (χ2n) is 6.75. The lowest BCUT2D eigenvalue weighted by Gasteiger charge is -2.26. The number of carbonyl (C=O) groups is 2. The Hall–Kier alpha value is -3.61. The van der Waals surface area contributed by atoms with Gasteiger partial charge in [0.25, 0.3) is 11.8 Å². The molecule has 1 aliphatic rings. The number of likely N-dealkylation sites (N-methyl/N-ethyl adjacent to an activating group) is 1. The molecule has 1 aromatic heterocycles. The molecule has 0 unspecified atom stereocenters. The van der Waals surface area contributed by atoms with Gasteiger partial charge in [0, 0.05) is 24.4 Å². The maximum atomic E-state index is 12.5. The first kappa shape index (κ1) is 17.8. The van der Waals surface area contributed by atoms with Crippen LogP contribution in [0.1, 0.15) is 21.6 Å². The topological polar surface area (TPSA) is 84.7 Å². The summed E-state index contributed by atoms with van der Waals surface area (Å²) in [5.41, 5.74) is 4.48. The second-order valence-corrected chi connectivity index (χ2v) is 6.75. The van der Waals surface area contributed by atoms with Gasteiger partial charge in [0.2, 0.25) is 0 Å². The average molecular weight is 377 g/mol. The Morgan fingerprint density at radius 3 is 2.71 bits per heavy atom. The summed E-state index contributed by atoms with van der Waals surface area (Å²) in [7, 11) is 1.67. The highest BCUT2D eigenvalue weighted by molar-refractivity contribution is 6.04. The van der Waals surface area contributed by atoms with E-state index in [0.717, 1.165) is 11.1 Å². The first-order valence-corrected chi connectivity index (χ1v) is 8.81. The van der Waals surface area contributed by atoms with Crippen molar-refractivity contribution < 1.29 is 18.8 Å². The van der Waals surface area contributed by atoms with Gasteiger partial charge < -0.3 is 19.5 Å². The van der Waals surface area contributed by atoms with Gasteiger partial charge in [0.05, 0.1) is 5.69 Å². The fraction of sp³-hybridized carbons (Fsp3) is 0.190. The number of rotatable bonds is 3. The van der Waals surface area contributed by atoms with Crippen molar-refractivity contribution >= 4 is 23.2 Å². The number of amides is 2. The summed E-state index contributed by atoms with van der Waals surface area (Å²) in [6.45, 7) is 4.06. The lowest BCUT2D eigenvalue weighted by Crippen LogP contribution is -2.35. The van der Waals surface area contributed by atoms with Gasteiger partial charge in [0.1, 0.15) is 5.75 Å². The van der Waals surface area contributed by atoms with Crippen molar-refractivity contribution in [1.29, 1.82) is 0 Å². The fourth-order valence-corrected chi connectivity index (χ4v) is 2.96. The zero-order chi connectivity index (χ0) is 19.8. The standard InChI is InChI=1S/C21H19N3O4/c1-12-4-5-14(8-13(12)2)19-10-16(23-28-19)21(26)22-15-6-7-18-17(9-15)24(3)20(25)11-27-18/h4-10H,11H2,1-3H3,(H,22,26). The molecular formula is C21H19N3O4. The summed E-state index contributed by atoms with van der Waals surface area (Å²) >= 11 is 0. The number of hydrogen-bond acceptors (Lipinski definition) is 5. The fourth-order valence-electron chi connectivity index (χ4n) is 2.96. The highest BCUT2D eigenvalue weighted by atomic mass is 16.5. The van der Waals surface area contributed by atoms with E-state index in [1.54, 1.807) is 31.3 Å². The van der Waals surface area contributed by atoms with Gasteiger partial charge >= 0.3 is 0 Å². The Labute approximate surface area is 161 Å². The highest BCUT2D eigenvalue weighted by Crippen LogP contribution is 2.33. The summed E-state index contributed by atoms with van der Waals surface area (Å²) in [5, 5.41) is 6.65. The quantitative estimate of drug-likeness (QED) is 0.754. The summed E-state index contributed by atoms with van der Waals surface area (Å²) in [6.07, 6.45) is 0. The van der Waals surface area contributed by atoms with E-state index < -0.39 is 5.91 Å². The van der Waals surface area contributed by atoms with Gasteiger partial charge in [-0.1, -0.05) is 17.3 Å². The number of fused-ring (bicyclic) bond motifs is 1. The normalized spacial score (nSPS) is 13.1. The molecule has 3 aromatic rings. The van der Waals surface area contributed by atoms with Crippen LogP contribution >= 0.6 is 0 Å². The maximum absolute atomic E-state index is 12.5. The lowest BCUT2D eigenvalue weighted by atomic mass is 10.0. The SMILES string of the molecule is Cc1ccc(-c2cc(C(=O)Nc3ccc4c(c3)N(C)C(=O)CO4)no2)cc1C. The predicted molar refractivity (Wildman–Crippen MR) is 105 cm³/mol. The molecule has 0 aliphatic carbocycles. The third-order valence-electron chi connectivity index (χ3n) is 4.84. The Bertz CT molecular complexity index is 1090. The Kier molecular flexibility index (Phi) is 4.35. The number of ether oxygens (including phenoxy) is 1. The van der Waals surface area contributed by atoms with Crippen LogP contribution in [0.5, 0.6) is 5.75 Å². The van der Waals surface area contributed by atoms with Crippen molar-refractivity contribution in [2.24, 2.45) is 0 Å². The van der Waals surface area contributed by atoms with Gasteiger partial charge in [0.15, 0.2) is 18.1 Å². The van der Waals surface area contributed by atoms with Crippen LogP contribution in [0.3, 0.4) is 0 Å². The van der Waals surface area contributed by atoms with Crippen molar-refractivity contribution in [3.05, 3.63) is 59.3 Å². The summed E-state index contributed by atoms with van der Waals surface area (Å²) < 4.78 is 10.7. The number of nitrogens with one attached hydrogen (secondary N) is 1. The zero-order valence-corrected chi connectivity index (χ0v) is 15.8. The number of aryl methyl sites for hydroxylation is 2. The molecule has 0 bridgehead atoms. The van der Waals surface area contributed by atoms with E-state index in [9.17, 15) is 9.59 Å². The lowest BCUT2D eigenvalue weighted by molar-refractivity contribution is -0.120. The van der Waals surface area contributed by atoms with Crippen molar-refractivity contribution in [2.45, 2.75) is 13.8 Å². The molecule has 0 atom stereocenters. The predicted octanol–water partition coefficient (Wildman–Crippen LogP) is 3.57. The minimum atomic E-state index is -0.399. The minimum absolute atomic E-state index is 0.00933. The van der Waals surface area contributed by atoms with Crippen LogP contribution in [-0.2, 0) is 4.79 Å². The van der Waals surface area contributed by atoms with Gasteiger partial charge in [-0.25, -0.2) is 0 Å². The second kappa shape index (κ2) is 6.84. The first-order chi connectivity index (χ1) is 13.4. The Morgan fingerprint density at radius 1 is 1.11 bits per heavy atom. The summed E-state index contributed by atoms with van der Waals surface area (Å²) in [5.74, 6) is 0.575. The average Bonchev–Trinajstić information content (AvgIpc) is 3.18. The van der Waals surface area contributed by atoms with E-state index in [-0.39, 0.29) is 18.2 Å². The van der Waals surface area contributed by atoms with E-state index in [4.69, 9.17) is 9.26 Å². The molecule has 2 amide bonds. The molecule has 2 heterocycles. The molecule has 0 radical (unpaired) electrons. The van der Waals surface area contributed by atoms with Crippen molar-refractivity contribution in [2.75, 3.05) is 23.9 Å². The van der Waals surface area contributed by atoms with Crippen LogP contribution in [-0.4, -0.2) is 30.6 Å². The number of carbonyl (C=O) groups excluding carboxylic acids is 2. The van der Waals surface area contributed by atoms with Crippen LogP contribution in [0, 0.1) is 13.8 Å². The van der Waals surface area contributed by atoms with E-state index in [1.807, 2.05) is 32.0 Å². The van der Waals surface area contributed by atoms with Crippen LogP contribution < -0.4 is 15.0 Å². The van der Waals surface area contributed by atoms with Crippen LogP contribution in [0.4, 0.5) is 11.4 Å². The van der Waals surface area contributed by atoms with Crippen molar-refractivity contribution in [3.63, 3.8) is 0 Å². The van der Waals surface area contributed by atoms with Gasteiger partial charge in [-0.05, 0) is 49.2 Å². The number of hydrogen-bond donors (Lipinski definition) is 1. The van der Waals surface area contributed by atoms with Gasteiger partial charge in [-0.2, -0.15) is 0 Å². The van der Waals surface area contributed by atoms with Crippen molar-refractivity contribution in [3.8, 4) is 17.1 Å². The monoisotopic (exact) mass is 377 g/mol. The smallest absolute Gasteiger partial charge is 0.277 e. The first-order valence-electron chi connectivity index (χ1n) is 8.81. The van der Waals surface area contributed by atoms with E-state index >= 15 is 0 Å². The molecular weight excluding hydrogens is 358 g/mol. The molecule has 2 aromatic carbocycles. The Morgan fingerprint density at radius 2 is 1.93 bits per heavy atom. The number of nitrogens with zero attached hydrogens (tertiary/aromatic N) is 2. The van der Waals surface area contributed by atoms with Gasteiger partial charge in [-0.3, -0.25) is 9.59 Å². The van der Waals surface area contributed by atoms with Gasteiger partial charge in [-0.15, -0.1) is 0 Å². The highest BCUT2D eigenvalue weighted by Gasteiger charge is 2.23. The van der Waals surface area contributed by atoms with Crippen LogP contribution in [0.2, 0.25) is 0 Å². The molecule has 7 heteroatoms. The number of aromatic nitrogens is 1. The zero-order valence-electron chi connectivity index (χ0n) is 15.8. The summed E-state index contributed by atoms with van der Waals surface area (Å²) in [6, 6.07) is 12.7. The van der Waals surface area contributed by atoms with E-state index in [1.165, 1.54) is 10.5 Å². The summed E-state index contributed by atoms with van der Waals surface area (Å²) in [4.78, 5) is 25.8. The Balaban J connectivity index is 1.54. The molecule has 142 valence electrons. The molecule has 0 fully saturated rings. The molecule has 7 nitrogen and oxygen atoms in total. The molecule has 0 saturated carbocycles. The minimum Gasteiger partial charge on any atom is -0.482 e. The molecule has 1 N–H and O–H groups in total. The molecule has 4 rings (SSSR count). The third kappa shape index (κ3) is 3.22. The third-order valence-corrected chi connectivity index (χ3v) is 4.84. The van der Waals surface area contributed by atoms with Crippen LogP contribution in [0.15, 0.2) is 47.0 Å². The number of anilines is 2. The molecule has 28 heavy (non-hydrogen) atoms. The van der Waals surface area contributed by atoms with E-state index in [2.05, 4.69) is 10.5 Å². The number of benzene rings is 2. The molecule has 0 spiro atoms. The van der Waals surface area contributed by atoms with Crippen molar-refractivity contribution in [1.82, 2.24) is 5.16 Å². The van der Waals surface area contributed by atoms with E-state index in [0.29, 0.717) is 22.9 Å². The maximum Gasteiger partial charge on any atom is 0.277 e.